The summed E-state index contributed by atoms with van der Waals surface area (Å²) in [4.78, 5) is 11.5. The molecular weight excluding hydrogens is 302 g/mol. The van der Waals surface area contributed by atoms with E-state index in [0.717, 1.165) is 5.56 Å². The molecule has 126 valence electrons. The molecule has 7 heteroatoms. The maximum absolute atomic E-state index is 11.5. The predicted molar refractivity (Wildman–Crippen MR) is 79.3 cm³/mol. The van der Waals surface area contributed by atoms with Crippen LogP contribution in [0.4, 0.5) is 0 Å². The molecule has 7 nitrogen and oxygen atoms in total. The largest absolute Gasteiger partial charge is 0.386 e. The molecule has 0 aromatic heterocycles. The summed E-state index contributed by atoms with van der Waals surface area (Å²) in [5.74, 6) is -0.254. The second-order valence-electron chi connectivity index (χ2n) is 5.67. The van der Waals surface area contributed by atoms with Gasteiger partial charge in [-0.3, -0.25) is 4.79 Å². The van der Waals surface area contributed by atoms with Crippen LogP contribution in [0.15, 0.2) is 30.3 Å². The summed E-state index contributed by atoms with van der Waals surface area (Å²) < 4.78 is 22.5. The first-order chi connectivity index (χ1) is 11.1. The molecule has 1 aromatic carbocycles. The monoisotopic (exact) mass is 323 g/mol. The minimum atomic E-state index is -1.03. The van der Waals surface area contributed by atoms with Crippen LogP contribution in [0.1, 0.15) is 18.8 Å². The van der Waals surface area contributed by atoms with E-state index in [9.17, 15) is 9.90 Å². The van der Waals surface area contributed by atoms with Gasteiger partial charge in [-0.1, -0.05) is 30.3 Å². The Morgan fingerprint density at radius 3 is 2.70 bits per heavy atom. The molecule has 2 heterocycles. The first-order valence-electron chi connectivity index (χ1n) is 7.55. The molecule has 1 amide bonds. The van der Waals surface area contributed by atoms with Crippen LogP contribution in [0.5, 0.6) is 0 Å². The van der Waals surface area contributed by atoms with E-state index in [-0.39, 0.29) is 12.5 Å². The molecule has 0 radical (unpaired) electrons. The molecule has 1 unspecified atom stereocenters. The van der Waals surface area contributed by atoms with Gasteiger partial charge in [0.2, 0.25) is 5.91 Å². The fourth-order valence-electron chi connectivity index (χ4n) is 2.98. The number of aliphatic hydroxyl groups excluding tert-OH is 1. The third-order valence-electron chi connectivity index (χ3n) is 4.04. The number of ether oxygens (including phenoxy) is 4. The lowest BCUT2D eigenvalue weighted by Gasteiger charge is -2.47. The van der Waals surface area contributed by atoms with Crippen molar-refractivity contribution in [3.63, 3.8) is 0 Å². The summed E-state index contributed by atoms with van der Waals surface area (Å²) in [5.41, 5.74) is 0.871. The van der Waals surface area contributed by atoms with Crippen LogP contribution < -0.4 is 5.32 Å². The highest BCUT2D eigenvalue weighted by molar-refractivity contribution is 5.73. The molecule has 0 saturated carbocycles. The lowest BCUT2D eigenvalue weighted by Crippen LogP contribution is -2.67. The second-order valence-corrected chi connectivity index (χ2v) is 5.67. The van der Waals surface area contributed by atoms with E-state index in [1.807, 2.05) is 30.3 Å². The fourth-order valence-corrected chi connectivity index (χ4v) is 2.98. The quantitative estimate of drug-likeness (QED) is 0.834. The van der Waals surface area contributed by atoms with Crippen molar-refractivity contribution in [3.05, 3.63) is 35.9 Å². The van der Waals surface area contributed by atoms with Crippen molar-refractivity contribution in [2.75, 3.05) is 13.7 Å². The van der Waals surface area contributed by atoms with Gasteiger partial charge in [0, 0.05) is 19.6 Å². The van der Waals surface area contributed by atoms with Crippen molar-refractivity contribution in [1.82, 2.24) is 5.32 Å². The zero-order valence-corrected chi connectivity index (χ0v) is 13.0. The van der Waals surface area contributed by atoms with Gasteiger partial charge < -0.3 is 29.4 Å². The van der Waals surface area contributed by atoms with Crippen LogP contribution in [0.3, 0.4) is 0 Å². The van der Waals surface area contributed by atoms with Crippen molar-refractivity contribution < 1.29 is 28.8 Å². The SMILES string of the molecule is CO[C@H]1O[C@@H]2COC(c3ccccc3)O[C@H]2[C@@H](NC(C)=O)[C@H]1O. The first-order valence-corrected chi connectivity index (χ1v) is 7.55. The topological polar surface area (TPSA) is 86.3 Å². The van der Waals surface area contributed by atoms with Crippen LogP contribution >= 0.6 is 0 Å². The van der Waals surface area contributed by atoms with E-state index in [1.54, 1.807) is 0 Å². The molecule has 2 saturated heterocycles. The maximum atomic E-state index is 11.5. The molecule has 2 fully saturated rings. The highest BCUT2D eigenvalue weighted by atomic mass is 16.7. The second kappa shape index (κ2) is 6.94. The standard InChI is InChI=1S/C16H21NO6/c1-9(18)17-12-13(19)16(20-2)22-11-8-21-15(23-14(11)12)10-6-4-3-5-7-10/h3-7,11-16,19H,8H2,1-2H3,(H,17,18)/t11-,12+,13-,14-,15?,16+/m1/s1. The average Bonchev–Trinajstić information content (AvgIpc) is 2.57. The number of hydrogen-bond donors (Lipinski definition) is 2. The Kier molecular flexibility index (Phi) is 4.93. The van der Waals surface area contributed by atoms with Crippen molar-refractivity contribution in [2.45, 2.75) is 43.9 Å². The predicted octanol–water partition coefficient (Wildman–Crippen LogP) is 0.337. The summed E-state index contributed by atoms with van der Waals surface area (Å²) in [7, 11) is 1.44. The Bertz CT molecular complexity index is 539. The molecule has 0 bridgehead atoms. The Balaban J connectivity index is 1.80. The number of nitrogens with one attached hydrogen (secondary N) is 1. The summed E-state index contributed by atoms with van der Waals surface area (Å²) >= 11 is 0. The van der Waals surface area contributed by atoms with E-state index in [4.69, 9.17) is 18.9 Å². The van der Waals surface area contributed by atoms with E-state index in [0.29, 0.717) is 0 Å². The van der Waals surface area contributed by atoms with E-state index < -0.39 is 36.9 Å². The zero-order chi connectivity index (χ0) is 16.4. The molecule has 0 aliphatic carbocycles. The van der Waals surface area contributed by atoms with Crippen LogP contribution in [-0.4, -0.2) is 55.4 Å². The van der Waals surface area contributed by atoms with Crippen LogP contribution in [0.2, 0.25) is 0 Å². The fraction of sp³-hybridized carbons (Fsp3) is 0.562. The third kappa shape index (κ3) is 3.39. The van der Waals surface area contributed by atoms with Gasteiger partial charge in [0.05, 0.1) is 12.6 Å². The highest BCUT2D eigenvalue weighted by Gasteiger charge is 2.49. The van der Waals surface area contributed by atoms with Gasteiger partial charge in [-0.2, -0.15) is 0 Å². The number of rotatable bonds is 3. The van der Waals surface area contributed by atoms with Crippen molar-refractivity contribution in [1.29, 1.82) is 0 Å². The van der Waals surface area contributed by atoms with Crippen molar-refractivity contribution in [3.8, 4) is 0 Å². The van der Waals surface area contributed by atoms with Crippen molar-refractivity contribution in [2.24, 2.45) is 0 Å². The Hall–Kier alpha value is -1.51. The Morgan fingerprint density at radius 1 is 1.30 bits per heavy atom. The molecular formula is C16H21NO6. The van der Waals surface area contributed by atoms with Crippen LogP contribution in [0.25, 0.3) is 0 Å². The highest BCUT2D eigenvalue weighted by Crippen LogP contribution is 2.34. The van der Waals surface area contributed by atoms with E-state index >= 15 is 0 Å². The van der Waals surface area contributed by atoms with Gasteiger partial charge in [-0.25, -0.2) is 0 Å². The van der Waals surface area contributed by atoms with Crippen molar-refractivity contribution >= 4 is 5.91 Å². The lowest BCUT2D eigenvalue weighted by molar-refractivity contribution is -0.340. The summed E-state index contributed by atoms with van der Waals surface area (Å²) in [5, 5.41) is 13.1. The summed E-state index contributed by atoms with van der Waals surface area (Å²) in [6, 6.07) is 8.87. The summed E-state index contributed by atoms with van der Waals surface area (Å²) in [6.45, 7) is 1.68. The smallest absolute Gasteiger partial charge is 0.217 e. The molecule has 3 rings (SSSR count). The number of methoxy groups -OCH3 is 1. The molecule has 1 aromatic rings. The van der Waals surface area contributed by atoms with Gasteiger partial charge in [0.1, 0.15) is 18.3 Å². The molecule has 6 atom stereocenters. The number of amides is 1. The van der Waals surface area contributed by atoms with Gasteiger partial charge in [0.15, 0.2) is 12.6 Å². The number of aliphatic hydroxyl groups is 1. The maximum Gasteiger partial charge on any atom is 0.217 e. The molecule has 2 aliphatic rings. The van der Waals surface area contributed by atoms with E-state index in [1.165, 1.54) is 14.0 Å². The number of hydrogen-bond acceptors (Lipinski definition) is 6. The first kappa shape index (κ1) is 16.4. The van der Waals surface area contributed by atoms with Gasteiger partial charge in [-0.05, 0) is 0 Å². The molecule has 2 N–H and O–H groups in total. The minimum absolute atomic E-state index is 0.254. The third-order valence-corrected chi connectivity index (χ3v) is 4.04. The van der Waals surface area contributed by atoms with Gasteiger partial charge in [0.25, 0.3) is 0 Å². The number of carbonyl (C=O) groups is 1. The Morgan fingerprint density at radius 2 is 2.04 bits per heavy atom. The van der Waals surface area contributed by atoms with E-state index in [2.05, 4.69) is 5.32 Å². The molecule has 0 spiro atoms. The van der Waals surface area contributed by atoms with Gasteiger partial charge in [-0.15, -0.1) is 0 Å². The molecule has 2 aliphatic heterocycles. The van der Waals surface area contributed by atoms with Crippen LogP contribution in [-0.2, 0) is 23.7 Å². The average molecular weight is 323 g/mol. The number of carbonyl (C=O) groups excluding carboxylic acids is 1. The normalized spacial score (nSPS) is 37.0. The zero-order valence-electron chi connectivity index (χ0n) is 13.0. The van der Waals surface area contributed by atoms with Gasteiger partial charge >= 0.3 is 0 Å². The minimum Gasteiger partial charge on any atom is -0.386 e. The number of benzene rings is 1. The Labute approximate surface area is 134 Å². The summed E-state index contributed by atoms with van der Waals surface area (Å²) in [6.07, 6.45) is -3.39. The number of fused-ring (bicyclic) bond motifs is 1. The lowest BCUT2D eigenvalue weighted by atomic mass is 9.95. The molecule has 23 heavy (non-hydrogen) atoms. The van der Waals surface area contributed by atoms with Crippen LogP contribution in [0, 0.1) is 0 Å².